The van der Waals surface area contributed by atoms with E-state index in [4.69, 9.17) is 18.9 Å². The van der Waals surface area contributed by atoms with Crippen LogP contribution in [0.1, 0.15) is 89.3 Å². The minimum atomic E-state index is -0.703. The number of fused-ring (bicyclic) bond motifs is 1. The fourth-order valence-electron chi connectivity index (χ4n) is 5.79. The zero-order valence-electron chi connectivity index (χ0n) is 27.9. The molecule has 0 aliphatic carbocycles. The molecule has 246 valence electrons. The lowest BCUT2D eigenvalue weighted by Gasteiger charge is -2.35. The van der Waals surface area contributed by atoms with Crippen LogP contribution in [-0.4, -0.2) is 54.8 Å². The topological polar surface area (TPSA) is 94.5 Å². The van der Waals surface area contributed by atoms with Gasteiger partial charge in [0.25, 0.3) is 0 Å². The molecule has 1 saturated heterocycles. The number of ether oxygens (including phenoxy) is 4. The number of hydrogen-bond donors (Lipinski definition) is 1. The van der Waals surface area contributed by atoms with Crippen LogP contribution in [0.5, 0.6) is 28.7 Å². The zero-order chi connectivity index (χ0) is 33.1. The van der Waals surface area contributed by atoms with Crippen molar-refractivity contribution in [1.29, 1.82) is 0 Å². The molecule has 2 aliphatic rings. The first-order valence-corrected chi connectivity index (χ1v) is 16.3. The lowest BCUT2D eigenvalue weighted by atomic mass is 9.75. The smallest absolute Gasteiger partial charge is 0.316 e. The number of esters is 2. The van der Waals surface area contributed by atoms with Crippen LogP contribution in [-0.2, 0) is 9.59 Å². The fourth-order valence-corrected chi connectivity index (χ4v) is 5.79. The lowest BCUT2D eigenvalue weighted by Crippen LogP contribution is -2.33. The van der Waals surface area contributed by atoms with Crippen molar-refractivity contribution in [3.8, 4) is 28.7 Å². The zero-order valence-corrected chi connectivity index (χ0v) is 27.9. The van der Waals surface area contributed by atoms with Crippen LogP contribution in [0.2, 0.25) is 0 Å². The number of benzene rings is 3. The number of phenols is 1. The molecule has 2 aliphatic heterocycles. The quantitative estimate of drug-likeness (QED) is 0.203. The standard InChI is InChI=1S/C38H47NO7/c1-37(2,3)35(41)45-28-16-10-25(11-17-28)30-24-44-32-23-29(46-36(42)38(4,5)6)22-31(40)34(32)33(30)26-12-14-27(15-13-26)43-21-20-39-18-8-7-9-19-39/h10-17,22-23,30,33,40H,7-9,18-21,24H2,1-6H3. The summed E-state index contributed by atoms with van der Waals surface area (Å²) < 4.78 is 23.5. The van der Waals surface area contributed by atoms with Crippen LogP contribution in [0.25, 0.3) is 0 Å². The summed E-state index contributed by atoms with van der Waals surface area (Å²) in [5.41, 5.74) is 1.25. The predicted octanol–water partition coefficient (Wildman–Crippen LogP) is 7.47. The van der Waals surface area contributed by atoms with Crippen LogP contribution in [0.4, 0.5) is 0 Å². The molecule has 2 heterocycles. The third kappa shape index (κ3) is 8.02. The number of likely N-dealkylation sites (tertiary alicyclic amines) is 1. The van der Waals surface area contributed by atoms with Crippen LogP contribution in [0.3, 0.4) is 0 Å². The van der Waals surface area contributed by atoms with Gasteiger partial charge in [0.1, 0.15) is 35.4 Å². The van der Waals surface area contributed by atoms with Gasteiger partial charge in [0.2, 0.25) is 0 Å². The molecular formula is C38H47NO7. The van der Waals surface area contributed by atoms with Crippen molar-refractivity contribution in [2.24, 2.45) is 10.8 Å². The molecule has 0 bridgehead atoms. The van der Waals surface area contributed by atoms with Crippen LogP contribution >= 0.6 is 0 Å². The molecule has 2 unspecified atom stereocenters. The van der Waals surface area contributed by atoms with E-state index in [9.17, 15) is 14.7 Å². The second-order valence-electron chi connectivity index (χ2n) is 14.4. The van der Waals surface area contributed by atoms with Crippen molar-refractivity contribution in [3.05, 3.63) is 77.4 Å². The van der Waals surface area contributed by atoms with E-state index in [2.05, 4.69) is 4.90 Å². The first-order valence-electron chi connectivity index (χ1n) is 16.3. The van der Waals surface area contributed by atoms with Gasteiger partial charge in [-0.05, 0) is 103 Å². The number of piperidine rings is 1. The van der Waals surface area contributed by atoms with Gasteiger partial charge < -0.3 is 24.1 Å². The van der Waals surface area contributed by atoms with Gasteiger partial charge in [0.05, 0.1) is 17.4 Å². The monoisotopic (exact) mass is 629 g/mol. The van der Waals surface area contributed by atoms with Gasteiger partial charge in [-0.25, -0.2) is 0 Å². The van der Waals surface area contributed by atoms with Crippen LogP contribution in [0.15, 0.2) is 60.7 Å². The number of carbonyl (C=O) groups excluding carboxylic acids is 2. The van der Waals surface area contributed by atoms with E-state index in [-0.39, 0.29) is 29.3 Å². The van der Waals surface area contributed by atoms with Gasteiger partial charge in [-0.1, -0.05) is 30.7 Å². The average molecular weight is 630 g/mol. The van der Waals surface area contributed by atoms with E-state index in [0.29, 0.717) is 30.3 Å². The molecule has 3 aromatic carbocycles. The predicted molar refractivity (Wildman–Crippen MR) is 177 cm³/mol. The molecule has 1 N–H and O–H groups in total. The molecule has 0 aromatic heterocycles. The van der Waals surface area contributed by atoms with Gasteiger partial charge in [0.15, 0.2) is 0 Å². The Morgan fingerprint density at radius 2 is 1.35 bits per heavy atom. The summed E-state index contributed by atoms with van der Waals surface area (Å²) in [4.78, 5) is 27.5. The number of nitrogens with zero attached hydrogens (tertiary/aromatic N) is 1. The average Bonchev–Trinajstić information content (AvgIpc) is 3.01. The number of hydrogen-bond acceptors (Lipinski definition) is 8. The number of carbonyl (C=O) groups is 2. The van der Waals surface area contributed by atoms with Crippen molar-refractivity contribution < 1.29 is 33.6 Å². The summed E-state index contributed by atoms with van der Waals surface area (Å²) in [6.45, 7) is 14.9. The molecule has 8 heteroatoms. The molecular weight excluding hydrogens is 582 g/mol. The molecule has 0 amide bonds. The molecule has 1 fully saturated rings. The highest BCUT2D eigenvalue weighted by molar-refractivity contribution is 5.78. The molecule has 46 heavy (non-hydrogen) atoms. The number of aromatic hydroxyl groups is 1. The Bertz CT molecular complexity index is 1510. The second kappa shape index (κ2) is 13.8. The van der Waals surface area contributed by atoms with Crippen molar-refractivity contribution in [2.45, 2.75) is 72.6 Å². The normalized spacial score (nSPS) is 18.7. The van der Waals surface area contributed by atoms with Crippen molar-refractivity contribution in [2.75, 3.05) is 32.8 Å². The maximum atomic E-state index is 12.6. The Morgan fingerprint density at radius 1 is 0.783 bits per heavy atom. The SMILES string of the molecule is CC(C)(C)C(=O)Oc1ccc(C2COc3cc(OC(=O)C(C)(C)C)cc(O)c3C2c2ccc(OCCN3CCCCC3)cc2)cc1. The number of rotatable bonds is 8. The summed E-state index contributed by atoms with van der Waals surface area (Å²) in [6.07, 6.45) is 3.81. The van der Waals surface area contributed by atoms with Gasteiger partial charge in [-0.2, -0.15) is 0 Å². The maximum Gasteiger partial charge on any atom is 0.316 e. The Kier molecular flexibility index (Phi) is 9.96. The highest BCUT2D eigenvalue weighted by atomic mass is 16.5. The van der Waals surface area contributed by atoms with Crippen molar-refractivity contribution in [3.63, 3.8) is 0 Å². The Hall–Kier alpha value is -4.04. The third-order valence-electron chi connectivity index (χ3n) is 8.54. The Morgan fingerprint density at radius 3 is 1.96 bits per heavy atom. The molecule has 5 rings (SSSR count). The fraction of sp³-hybridized carbons (Fsp3) is 0.474. The summed E-state index contributed by atoms with van der Waals surface area (Å²) in [7, 11) is 0. The van der Waals surface area contributed by atoms with E-state index in [1.807, 2.05) is 57.2 Å². The van der Waals surface area contributed by atoms with E-state index in [0.717, 1.165) is 36.5 Å². The van der Waals surface area contributed by atoms with E-state index < -0.39 is 16.8 Å². The second-order valence-corrected chi connectivity index (χ2v) is 14.4. The molecule has 2 atom stereocenters. The first kappa shape index (κ1) is 33.3. The van der Waals surface area contributed by atoms with Crippen LogP contribution in [0, 0.1) is 10.8 Å². The molecule has 0 saturated carbocycles. The van der Waals surface area contributed by atoms with Crippen molar-refractivity contribution in [1.82, 2.24) is 4.90 Å². The largest absolute Gasteiger partial charge is 0.507 e. The summed E-state index contributed by atoms with van der Waals surface area (Å²) in [5.74, 6) is 0.799. The Balaban J connectivity index is 1.42. The molecule has 0 radical (unpaired) electrons. The lowest BCUT2D eigenvalue weighted by molar-refractivity contribution is -0.143. The summed E-state index contributed by atoms with van der Waals surface area (Å²) in [5, 5.41) is 11.4. The molecule has 0 spiro atoms. The van der Waals surface area contributed by atoms with Crippen LogP contribution < -0.4 is 18.9 Å². The van der Waals surface area contributed by atoms with E-state index in [1.54, 1.807) is 39.0 Å². The minimum absolute atomic E-state index is 0.0125. The van der Waals surface area contributed by atoms with Gasteiger partial charge in [0, 0.05) is 36.1 Å². The summed E-state index contributed by atoms with van der Waals surface area (Å²) >= 11 is 0. The summed E-state index contributed by atoms with van der Waals surface area (Å²) in [6, 6.07) is 18.6. The molecule has 3 aromatic rings. The highest BCUT2D eigenvalue weighted by Gasteiger charge is 2.37. The molecule has 8 nitrogen and oxygen atoms in total. The maximum absolute atomic E-state index is 12.6. The highest BCUT2D eigenvalue weighted by Crippen LogP contribution is 2.51. The first-order chi connectivity index (χ1) is 21.8. The van der Waals surface area contributed by atoms with E-state index >= 15 is 0 Å². The third-order valence-corrected chi connectivity index (χ3v) is 8.54. The van der Waals surface area contributed by atoms with Gasteiger partial charge in [-0.15, -0.1) is 0 Å². The van der Waals surface area contributed by atoms with Gasteiger partial charge >= 0.3 is 11.9 Å². The Labute approximate surface area is 272 Å². The van der Waals surface area contributed by atoms with E-state index in [1.165, 1.54) is 25.3 Å². The minimum Gasteiger partial charge on any atom is -0.507 e. The van der Waals surface area contributed by atoms with Gasteiger partial charge in [-0.3, -0.25) is 14.5 Å². The number of phenolic OH excluding ortho intramolecular Hbond substituents is 1. The van der Waals surface area contributed by atoms with Crippen molar-refractivity contribution >= 4 is 11.9 Å².